The molecule has 0 aliphatic carbocycles. The zero-order valence-corrected chi connectivity index (χ0v) is 12.3. The number of benzene rings is 2. The maximum Gasteiger partial charge on any atom is 0.182 e. The first-order valence-corrected chi connectivity index (χ1v) is 7.75. The third kappa shape index (κ3) is 3.16. The lowest BCUT2D eigenvalue weighted by atomic mass is 10.1. The molecule has 4 heteroatoms. The second kappa shape index (κ2) is 6.14. The van der Waals surface area contributed by atoms with Crippen molar-refractivity contribution in [2.75, 3.05) is 13.1 Å². The lowest BCUT2D eigenvalue weighted by molar-refractivity contribution is 0.0965. The van der Waals surface area contributed by atoms with Gasteiger partial charge in [-0.3, -0.25) is 10.2 Å². The van der Waals surface area contributed by atoms with Crippen LogP contribution < -0.4 is 0 Å². The van der Waals surface area contributed by atoms with E-state index in [1.54, 1.807) is 0 Å². The van der Waals surface area contributed by atoms with Gasteiger partial charge in [0.1, 0.15) is 0 Å². The fourth-order valence-corrected chi connectivity index (χ4v) is 3.50. The Morgan fingerprint density at radius 2 is 1.71 bits per heavy atom. The predicted octanol–water partition coefficient (Wildman–Crippen LogP) is 3.59. The molecule has 0 amide bonds. The molecule has 21 heavy (non-hydrogen) atoms. The molecule has 1 heterocycles. The van der Waals surface area contributed by atoms with E-state index < -0.39 is 0 Å². The summed E-state index contributed by atoms with van der Waals surface area (Å²) in [7, 11) is 0. The number of thioether (sulfide) groups is 1. The third-order valence-electron chi connectivity index (χ3n) is 3.53. The van der Waals surface area contributed by atoms with Gasteiger partial charge in [0.2, 0.25) is 0 Å². The molecule has 2 aromatic carbocycles. The highest BCUT2D eigenvalue weighted by Crippen LogP contribution is 2.37. The van der Waals surface area contributed by atoms with Crippen LogP contribution in [0.2, 0.25) is 0 Å². The minimum Gasteiger partial charge on any atom is -0.342 e. The molecule has 1 aliphatic rings. The summed E-state index contributed by atoms with van der Waals surface area (Å²) in [5.41, 5.74) is 1.92. The molecular formula is C17H16N2OS. The van der Waals surface area contributed by atoms with Crippen LogP contribution in [0.5, 0.6) is 0 Å². The van der Waals surface area contributed by atoms with Gasteiger partial charge in [-0.2, -0.15) is 0 Å². The standard InChI is InChI=1S/C17H16N2OS/c18-17-19(11-15(20)13-7-3-1-4-8-13)12-16(21-17)14-9-5-2-6-10-14/h1-10,16,18H,11-12H2. The lowest BCUT2D eigenvalue weighted by Gasteiger charge is -2.16. The quantitative estimate of drug-likeness (QED) is 0.877. The van der Waals surface area contributed by atoms with E-state index in [9.17, 15) is 4.79 Å². The largest absolute Gasteiger partial charge is 0.342 e. The van der Waals surface area contributed by atoms with Crippen molar-refractivity contribution in [2.45, 2.75) is 5.25 Å². The van der Waals surface area contributed by atoms with Gasteiger partial charge in [0.05, 0.1) is 11.8 Å². The third-order valence-corrected chi connectivity index (χ3v) is 4.72. The maximum atomic E-state index is 12.2. The normalized spacial score (nSPS) is 18.0. The Bertz CT molecular complexity index is 642. The second-order valence-electron chi connectivity index (χ2n) is 4.99. The Hall–Kier alpha value is -2.07. The number of nitrogens with zero attached hydrogens (tertiary/aromatic N) is 1. The first-order valence-electron chi connectivity index (χ1n) is 6.87. The van der Waals surface area contributed by atoms with Crippen molar-refractivity contribution in [2.24, 2.45) is 0 Å². The Balaban J connectivity index is 1.67. The Morgan fingerprint density at radius 3 is 2.38 bits per heavy atom. The molecule has 1 unspecified atom stereocenters. The Labute approximate surface area is 128 Å². The summed E-state index contributed by atoms with van der Waals surface area (Å²) in [6, 6.07) is 19.4. The van der Waals surface area contributed by atoms with Crippen molar-refractivity contribution in [1.82, 2.24) is 4.90 Å². The van der Waals surface area contributed by atoms with Crippen LogP contribution in [0, 0.1) is 5.41 Å². The molecule has 1 fully saturated rings. The molecule has 0 radical (unpaired) electrons. The van der Waals surface area contributed by atoms with Crippen molar-refractivity contribution in [3.63, 3.8) is 0 Å². The molecular weight excluding hydrogens is 280 g/mol. The van der Waals surface area contributed by atoms with Gasteiger partial charge < -0.3 is 4.90 Å². The molecule has 1 saturated heterocycles. The van der Waals surface area contributed by atoms with E-state index in [1.165, 1.54) is 17.3 Å². The number of hydrogen-bond donors (Lipinski definition) is 1. The lowest BCUT2D eigenvalue weighted by Crippen LogP contribution is -2.30. The first kappa shape index (κ1) is 13.9. The maximum absolute atomic E-state index is 12.2. The molecule has 0 spiro atoms. The van der Waals surface area contributed by atoms with Crippen molar-refractivity contribution in [3.8, 4) is 0 Å². The van der Waals surface area contributed by atoms with E-state index >= 15 is 0 Å². The Kier molecular flexibility index (Phi) is 4.06. The fraction of sp³-hybridized carbons (Fsp3) is 0.176. The van der Waals surface area contributed by atoms with Gasteiger partial charge in [0.25, 0.3) is 0 Å². The van der Waals surface area contributed by atoms with Crippen molar-refractivity contribution in [1.29, 1.82) is 5.41 Å². The molecule has 3 nitrogen and oxygen atoms in total. The molecule has 1 aliphatic heterocycles. The predicted molar refractivity (Wildman–Crippen MR) is 86.8 cm³/mol. The van der Waals surface area contributed by atoms with Gasteiger partial charge in [0.15, 0.2) is 11.0 Å². The van der Waals surface area contributed by atoms with E-state index in [0.29, 0.717) is 17.3 Å². The van der Waals surface area contributed by atoms with Crippen LogP contribution in [0.15, 0.2) is 60.7 Å². The van der Waals surface area contributed by atoms with E-state index in [2.05, 4.69) is 12.1 Å². The summed E-state index contributed by atoms with van der Waals surface area (Å²) in [5.74, 6) is 0.0645. The van der Waals surface area contributed by atoms with Gasteiger partial charge in [-0.05, 0) is 5.56 Å². The molecule has 106 valence electrons. The first-order chi connectivity index (χ1) is 10.2. The molecule has 3 rings (SSSR count). The number of hydrogen-bond acceptors (Lipinski definition) is 3. The smallest absolute Gasteiger partial charge is 0.182 e. The molecule has 1 atom stereocenters. The summed E-state index contributed by atoms with van der Waals surface area (Å²) in [5, 5.41) is 8.80. The molecule has 1 N–H and O–H groups in total. The van der Waals surface area contributed by atoms with Crippen molar-refractivity contribution >= 4 is 22.7 Å². The van der Waals surface area contributed by atoms with E-state index in [-0.39, 0.29) is 17.6 Å². The molecule has 0 bridgehead atoms. The van der Waals surface area contributed by atoms with Gasteiger partial charge >= 0.3 is 0 Å². The zero-order chi connectivity index (χ0) is 14.7. The monoisotopic (exact) mass is 296 g/mol. The van der Waals surface area contributed by atoms with Crippen LogP contribution in [0.4, 0.5) is 0 Å². The summed E-state index contributed by atoms with van der Waals surface area (Å²) < 4.78 is 0. The van der Waals surface area contributed by atoms with Crippen LogP contribution in [0.3, 0.4) is 0 Å². The van der Waals surface area contributed by atoms with Crippen LogP contribution in [-0.4, -0.2) is 28.9 Å². The zero-order valence-electron chi connectivity index (χ0n) is 11.5. The number of carbonyl (C=O) groups excluding carboxylic acids is 1. The van der Waals surface area contributed by atoms with Gasteiger partial charge in [-0.15, -0.1) is 0 Å². The number of carbonyl (C=O) groups is 1. The minimum absolute atomic E-state index is 0.0645. The fourth-order valence-electron chi connectivity index (χ4n) is 2.40. The van der Waals surface area contributed by atoms with Gasteiger partial charge in [-0.25, -0.2) is 0 Å². The molecule has 0 aromatic heterocycles. The number of rotatable bonds is 4. The summed E-state index contributed by atoms with van der Waals surface area (Å²) >= 11 is 1.52. The van der Waals surface area contributed by atoms with Gasteiger partial charge in [-0.1, -0.05) is 72.4 Å². The molecule has 0 saturated carbocycles. The summed E-state index contributed by atoms with van der Waals surface area (Å²) in [4.78, 5) is 14.1. The minimum atomic E-state index is 0.0645. The average Bonchev–Trinajstić information content (AvgIpc) is 2.90. The van der Waals surface area contributed by atoms with E-state index in [1.807, 2.05) is 53.4 Å². The number of Topliss-reactive ketones (excluding diaryl/α,β-unsaturated/α-hetero) is 1. The summed E-state index contributed by atoms with van der Waals surface area (Å²) in [6.45, 7) is 0.991. The summed E-state index contributed by atoms with van der Waals surface area (Å²) in [6.07, 6.45) is 0. The highest BCUT2D eigenvalue weighted by atomic mass is 32.2. The van der Waals surface area contributed by atoms with Crippen LogP contribution in [-0.2, 0) is 0 Å². The highest BCUT2D eigenvalue weighted by Gasteiger charge is 2.30. The number of nitrogens with one attached hydrogen (secondary N) is 1. The number of amidine groups is 1. The van der Waals surface area contributed by atoms with Crippen LogP contribution in [0.25, 0.3) is 0 Å². The molecule has 2 aromatic rings. The average molecular weight is 296 g/mol. The Morgan fingerprint density at radius 1 is 1.10 bits per heavy atom. The highest BCUT2D eigenvalue weighted by molar-refractivity contribution is 8.14. The second-order valence-corrected chi connectivity index (χ2v) is 6.18. The topological polar surface area (TPSA) is 44.2 Å². The van der Waals surface area contributed by atoms with Crippen molar-refractivity contribution < 1.29 is 4.79 Å². The van der Waals surface area contributed by atoms with E-state index in [4.69, 9.17) is 5.41 Å². The van der Waals surface area contributed by atoms with Crippen LogP contribution >= 0.6 is 11.8 Å². The van der Waals surface area contributed by atoms with Gasteiger partial charge in [0, 0.05) is 12.1 Å². The SMILES string of the molecule is N=C1SC(c2ccccc2)CN1CC(=O)c1ccccc1. The van der Waals surface area contributed by atoms with Crippen LogP contribution in [0.1, 0.15) is 21.2 Å². The number of ketones is 1. The van der Waals surface area contributed by atoms with Crippen molar-refractivity contribution in [3.05, 3.63) is 71.8 Å². The van der Waals surface area contributed by atoms with E-state index in [0.717, 1.165) is 0 Å².